The molecule has 1 aliphatic heterocycles. The Morgan fingerprint density at radius 1 is 1.11 bits per heavy atom. The second kappa shape index (κ2) is 8.85. The van der Waals surface area contributed by atoms with Crippen LogP contribution in [0.2, 0.25) is 0 Å². The molecule has 1 saturated heterocycles. The third kappa shape index (κ3) is 4.49. The van der Waals surface area contributed by atoms with Gasteiger partial charge >= 0.3 is 0 Å². The van der Waals surface area contributed by atoms with Gasteiger partial charge in [0.1, 0.15) is 5.69 Å². The predicted molar refractivity (Wildman–Crippen MR) is 109 cm³/mol. The van der Waals surface area contributed by atoms with Gasteiger partial charge in [-0.05, 0) is 30.9 Å². The van der Waals surface area contributed by atoms with Crippen molar-refractivity contribution in [3.05, 3.63) is 78.1 Å². The van der Waals surface area contributed by atoms with Crippen LogP contribution in [0.4, 0.5) is 0 Å². The van der Waals surface area contributed by atoms with Crippen molar-refractivity contribution in [3.63, 3.8) is 0 Å². The van der Waals surface area contributed by atoms with E-state index < -0.39 is 0 Å². The number of benzene rings is 2. The minimum absolute atomic E-state index is 0.216. The van der Waals surface area contributed by atoms with E-state index in [2.05, 4.69) is 45.7 Å². The summed E-state index contributed by atoms with van der Waals surface area (Å²) >= 11 is 0. The van der Waals surface area contributed by atoms with Gasteiger partial charge in [-0.15, -0.1) is 0 Å². The summed E-state index contributed by atoms with van der Waals surface area (Å²) in [6.45, 7) is 3.57. The lowest BCUT2D eigenvalue weighted by atomic mass is 9.91. The van der Waals surface area contributed by atoms with Crippen molar-refractivity contribution in [2.75, 3.05) is 26.2 Å². The maximum Gasteiger partial charge on any atom is 0.289 e. The zero-order chi connectivity index (χ0) is 19.2. The summed E-state index contributed by atoms with van der Waals surface area (Å²) < 4.78 is 5.22. The van der Waals surface area contributed by atoms with Gasteiger partial charge in [-0.2, -0.15) is 0 Å². The summed E-state index contributed by atoms with van der Waals surface area (Å²) in [5, 5.41) is 6.95. The zero-order valence-corrected chi connectivity index (χ0v) is 15.9. The topological polar surface area (TPSA) is 58.4 Å². The Hall–Kier alpha value is -2.92. The fraction of sp³-hybridized carbons (Fsp3) is 0.304. The molecule has 0 spiro atoms. The molecule has 144 valence electrons. The van der Waals surface area contributed by atoms with Gasteiger partial charge in [0.25, 0.3) is 5.91 Å². The first-order valence-corrected chi connectivity index (χ1v) is 9.87. The van der Waals surface area contributed by atoms with Crippen LogP contribution in [-0.4, -0.2) is 42.1 Å². The van der Waals surface area contributed by atoms with E-state index in [-0.39, 0.29) is 11.7 Å². The minimum atomic E-state index is -0.216. The number of nitrogens with zero attached hydrogens (tertiary/aromatic N) is 2. The highest BCUT2D eigenvalue weighted by Gasteiger charge is 2.21. The van der Waals surface area contributed by atoms with E-state index in [0.29, 0.717) is 18.2 Å². The third-order valence-corrected chi connectivity index (χ3v) is 5.29. The predicted octanol–water partition coefficient (Wildman–Crippen LogP) is 3.95. The monoisotopic (exact) mass is 375 g/mol. The molecule has 28 heavy (non-hydrogen) atoms. The molecule has 1 aromatic heterocycles. The molecule has 0 saturated carbocycles. The summed E-state index contributed by atoms with van der Waals surface area (Å²) in [5.74, 6) is 0.610. The Morgan fingerprint density at radius 2 is 1.86 bits per heavy atom. The smallest absolute Gasteiger partial charge is 0.289 e. The van der Waals surface area contributed by atoms with E-state index in [1.165, 1.54) is 18.4 Å². The van der Waals surface area contributed by atoms with Crippen LogP contribution in [-0.2, 0) is 0 Å². The highest BCUT2D eigenvalue weighted by Crippen LogP contribution is 2.26. The maximum absolute atomic E-state index is 12.4. The summed E-state index contributed by atoms with van der Waals surface area (Å²) in [7, 11) is 0. The van der Waals surface area contributed by atoms with Gasteiger partial charge in [0.15, 0.2) is 0 Å². The van der Waals surface area contributed by atoms with Gasteiger partial charge in [-0.25, -0.2) is 0 Å². The van der Waals surface area contributed by atoms with Gasteiger partial charge in [0.05, 0.1) is 0 Å². The van der Waals surface area contributed by atoms with Crippen LogP contribution >= 0.6 is 0 Å². The number of piperidine rings is 1. The number of aromatic nitrogens is 1. The molecule has 3 aromatic rings. The van der Waals surface area contributed by atoms with Gasteiger partial charge in [-0.3, -0.25) is 4.79 Å². The molecular formula is C23H25N3O2. The number of carbonyl (C=O) groups excluding carboxylic acids is 1. The second-order valence-electron chi connectivity index (χ2n) is 7.25. The minimum Gasteiger partial charge on any atom is -0.350 e. The van der Waals surface area contributed by atoms with Crippen LogP contribution < -0.4 is 5.32 Å². The van der Waals surface area contributed by atoms with Crippen LogP contribution in [0.5, 0.6) is 0 Å². The van der Waals surface area contributed by atoms with Crippen molar-refractivity contribution < 1.29 is 9.32 Å². The number of likely N-dealkylation sites (tertiary alicyclic amines) is 1. The SMILES string of the molecule is O=C(NCCN1CCC[C@H](c2ccccc2)C1)c1cc(-c2ccccc2)no1. The number of amides is 1. The van der Waals surface area contributed by atoms with Crippen molar-refractivity contribution >= 4 is 5.91 Å². The van der Waals surface area contributed by atoms with Crippen LogP contribution in [0.15, 0.2) is 71.3 Å². The number of nitrogens with one attached hydrogen (secondary N) is 1. The number of carbonyl (C=O) groups is 1. The summed E-state index contributed by atoms with van der Waals surface area (Å²) in [6.07, 6.45) is 2.42. The fourth-order valence-electron chi connectivity index (χ4n) is 3.80. The Bertz CT molecular complexity index is 892. The number of rotatable bonds is 6. The van der Waals surface area contributed by atoms with E-state index in [4.69, 9.17) is 4.52 Å². The molecular weight excluding hydrogens is 350 g/mol. The van der Waals surface area contributed by atoms with Gasteiger partial charge in [0, 0.05) is 31.3 Å². The average Bonchev–Trinajstić information content (AvgIpc) is 3.26. The van der Waals surface area contributed by atoms with Gasteiger partial charge in [-0.1, -0.05) is 65.8 Å². The largest absolute Gasteiger partial charge is 0.350 e. The summed E-state index contributed by atoms with van der Waals surface area (Å²) in [6, 6.07) is 22.1. The van der Waals surface area contributed by atoms with E-state index in [0.717, 1.165) is 25.2 Å². The van der Waals surface area contributed by atoms with Crippen LogP contribution in [0.3, 0.4) is 0 Å². The molecule has 1 N–H and O–H groups in total. The normalized spacial score (nSPS) is 17.4. The first-order valence-electron chi connectivity index (χ1n) is 9.87. The van der Waals surface area contributed by atoms with Crippen LogP contribution in [0.1, 0.15) is 34.9 Å². The molecule has 1 amide bonds. The highest BCUT2D eigenvalue weighted by molar-refractivity contribution is 5.92. The molecule has 2 aromatic carbocycles. The van der Waals surface area contributed by atoms with Gasteiger partial charge in [0.2, 0.25) is 5.76 Å². The molecule has 2 heterocycles. The first-order chi connectivity index (χ1) is 13.8. The lowest BCUT2D eigenvalue weighted by Gasteiger charge is -2.33. The molecule has 0 aliphatic carbocycles. The number of hydrogen-bond donors (Lipinski definition) is 1. The maximum atomic E-state index is 12.4. The Labute approximate surface area is 165 Å². The fourth-order valence-corrected chi connectivity index (χ4v) is 3.80. The Balaban J connectivity index is 1.27. The standard InChI is InChI=1S/C23H25N3O2/c27-23(22-16-21(25-28-22)19-10-5-2-6-11-19)24-13-15-26-14-7-12-20(17-26)18-8-3-1-4-9-18/h1-6,8-11,16,20H,7,12-15,17H2,(H,24,27)/t20-/m0/s1. The lowest BCUT2D eigenvalue weighted by Crippen LogP contribution is -2.40. The second-order valence-corrected chi connectivity index (χ2v) is 7.25. The summed E-state index contributed by atoms with van der Waals surface area (Å²) in [4.78, 5) is 14.8. The molecule has 5 nitrogen and oxygen atoms in total. The molecule has 5 heteroatoms. The Kier molecular flexibility index (Phi) is 5.83. The molecule has 1 atom stereocenters. The van der Waals surface area contributed by atoms with E-state index in [1.54, 1.807) is 6.07 Å². The summed E-state index contributed by atoms with van der Waals surface area (Å²) in [5.41, 5.74) is 3.02. The first kappa shape index (κ1) is 18.4. The highest BCUT2D eigenvalue weighted by atomic mass is 16.5. The molecule has 0 bridgehead atoms. The average molecular weight is 375 g/mol. The van der Waals surface area contributed by atoms with Crippen molar-refractivity contribution in [3.8, 4) is 11.3 Å². The van der Waals surface area contributed by atoms with Crippen molar-refractivity contribution in [2.45, 2.75) is 18.8 Å². The molecule has 0 unspecified atom stereocenters. The van der Waals surface area contributed by atoms with Crippen molar-refractivity contribution in [1.82, 2.24) is 15.4 Å². The Morgan fingerprint density at radius 3 is 2.64 bits per heavy atom. The zero-order valence-electron chi connectivity index (χ0n) is 15.9. The van der Waals surface area contributed by atoms with E-state index >= 15 is 0 Å². The molecule has 4 rings (SSSR count). The van der Waals surface area contributed by atoms with E-state index in [1.807, 2.05) is 30.3 Å². The van der Waals surface area contributed by atoms with Crippen molar-refractivity contribution in [2.24, 2.45) is 0 Å². The molecule has 0 radical (unpaired) electrons. The number of hydrogen-bond acceptors (Lipinski definition) is 4. The third-order valence-electron chi connectivity index (χ3n) is 5.29. The van der Waals surface area contributed by atoms with Crippen LogP contribution in [0, 0.1) is 0 Å². The lowest BCUT2D eigenvalue weighted by molar-refractivity contribution is 0.0909. The van der Waals surface area contributed by atoms with Crippen LogP contribution in [0.25, 0.3) is 11.3 Å². The van der Waals surface area contributed by atoms with E-state index in [9.17, 15) is 4.79 Å². The molecule has 1 fully saturated rings. The van der Waals surface area contributed by atoms with Gasteiger partial charge < -0.3 is 14.7 Å². The molecule has 1 aliphatic rings. The van der Waals surface area contributed by atoms with Crippen molar-refractivity contribution in [1.29, 1.82) is 0 Å². The quantitative estimate of drug-likeness (QED) is 0.709.